The number of hydrogen-bond donors (Lipinski definition) is 1. The topological polar surface area (TPSA) is 80.5 Å². The molecule has 2 aromatic heterocycles. The van der Waals surface area contributed by atoms with E-state index in [1.54, 1.807) is 18.8 Å². The summed E-state index contributed by atoms with van der Waals surface area (Å²) in [5.41, 5.74) is -0.927. The van der Waals surface area contributed by atoms with Gasteiger partial charge in [0.2, 0.25) is 5.88 Å². The lowest BCUT2D eigenvalue weighted by molar-refractivity contribution is -0.137. The van der Waals surface area contributed by atoms with Crippen LogP contribution in [0.1, 0.15) is 11.4 Å². The van der Waals surface area contributed by atoms with Crippen molar-refractivity contribution in [2.45, 2.75) is 12.7 Å². The molecule has 13 heteroatoms. The maximum absolute atomic E-state index is 12.6. The summed E-state index contributed by atoms with van der Waals surface area (Å²) < 4.78 is 44.8. The van der Waals surface area contributed by atoms with Crippen molar-refractivity contribution in [2.75, 3.05) is 27.2 Å². The number of aromatic nitrogens is 4. The molecule has 8 nitrogen and oxygen atoms in total. The van der Waals surface area contributed by atoms with Crippen LogP contribution in [0, 0.1) is 0 Å². The van der Waals surface area contributed by atoms with Crippen LogP contribution in [-0.4, -0.2) is 57.9 Å². The molecule has 0 aliphatic carbocycles. The zero-order chi connectivity index (χ0) is 20.0. The number of hydrogen-bond acceptors (Lipinski definition) is 5. The van der Waals surface area contributed by atoms with E-state index in [-0.39, 0.29) is 41.5 Å². The van der Waals surface area contributed by atoms with Crippen molar-refractivity contribution in [2.24, 2.45) is 12.0 Å². The monoisotopic (exact) mass is 533 g/mol. The van der Waals surface area contributed by atoms with Crippen molar-refractivity contribution in [3.8, 4) is 5.88 Å². The van der Waals surface area contributed by atoms with Gasteiger partial charge in [-0.1, -0.05) is 11.6 Å². The summed E-state index contributed by atoms with van der Waals surface area (Å²) in [6, 6.07) is 0.783. The summed E-state index contributed by atoms with van der Waals surface area (Å²) >= 11 is 5.79. The van der Waals surface area contributed by atoms with Crippen LogP contribution in [0.5, 0.6) is 5.88 Å². The Bertz CT molecular complexity index is 800. The van der Waals surface area contributed by atoms with Gasteiger partial charge >= 0.3 is 6.18 Å². The van der Waals surface area contributed by atoms with E-state index in [0.29, 0.717) is 25.2 Å². The Morgan fingerprint density at radius 2 is 2.11 bits per heavy atom. The van der Waals surface area contributed by atoms with Gasteiger partial charge in [0.25, 0.3) is 0 Å². The van der Waals surface area contributed by atoms with Crippen LogP contribution in [0.15, 0.2) is 23.6 Å². The molecule has 0 atom stereocenters. The molecule has 0 fully saturated rings. The van der Waals surface area contributed by atoms with E-state index in [0.717, 1.165) is 11.9 Å². The highest BCUT2D eigenvalue weighted by molar-refractivity contribution is 14.0. The largest absolute Gasteiger partial charge is 0.475 e. The number of aryl methyl sites for hydroxylation is 1. The molecule has 0 aliphatic heterocycles. The molecule has 0 bridgehead atoms. The first kappa shape index (κ1) is 24.2. The minimum Gasteiger partial charge on any atom is -0.475 e. The summed E-state index contributed by atoms with van der Waals surface area (Å²) in [5, 5.41) is 6.87. The van der Waals surface area contributed by atoms with E-state index in [1.165, 1.54) is 6.33 Å². The van der Waals surface area contributed by atoms with Gasteiger partial charge in [-0.15, -0.1) is 24.0 Å². The van der Waals surface area contributed by atoms with Crippen molar-refractivity contribution in [1.29, 1.82) is 0 Å². The molecule has 0 unspecified atom stereocenters. The molecule has 0 spiro atoms. The van der Waals surface area contributed by atoms with E-state index in [4.69, 9.17) is 16.3 Å². The highest BCUT2D eigenvalue weighted by Crippen LogP contribution is 2.32. The summed E-state index contributed by atoms with van der Waals surface area (Å²) in [6.45, 7) is 0.965. The minimum atomic E-state index is -4.50. The van der Waals surface area contributed by atoms with Gasteiger partial charge in [-0.25, -0.2) is 9.97 Å². The average molecular weight is 534 g/mol. The zero-order valence-electron chi connectivity index (χ0n) is 15.4. The van der Waals surface area contributed by atoms with Crippen LogP contribution in [0.3, 0.4) is 0 Å². The summed E-state index contributed by atoms with van der Waals surface area (Å²) in [6.07, 6.45) is -2.35. The van der Waals surface area contributed by atoms with E-state index in [9.17, 15) is 13.2 Å². The van der Waals surface area contributed by atoms with Crippen LogP contribution in [-0.2, 0) is 19.8 Å². The maximum Gasteiger partial charge on any atom is 0.417 e. The Hall–Kier alpha value is -1.83. The first-order valence-electron chi connectivity index (χ1n) is 7.82. The number of alkyl halides is 3. The van der Waals surface area contributed by atoms with Crippen LogP contribution in [0.2, 0.25) is 5.02 Å². The summed E-state index contributed by atoms with van der Waals surface area (Å²) in [5.74, 6) is 1.29. The summed E-state index contributed by atoms with van der Waals surface area (Å²) in [7, 11) is 5.25. The zero-order valence-corrected chi connectivity index (χ0v) is 18.5. The van der Waals surface area contributed by atoms with Crippen molar-refractivity contribution in [3.63, 3.8) is 0 Å². The molecular formula is C15H20ClF3IN7O. The Morgan fingerprint density at radius 3 is 2.64 bits per heavy atom. The molecule has 0 aliphatic rings. The predicted octanol–water partition coefficient (Wildman–Crippen LogP) is 2.59. The molecule has 1 N–H and O–H groups in total. The molecule has 2 aromatic rings. The highest BCUT2D eigenvalue weighted by Gasteiger charge is 2.31. The second kappa shape index (κ2) is 10.6. The van der Waals surface area contributed by atoms with Crippen LogP contribution in [0.25, 0.3) is 0 Å². The fourth-order valence-electron chi connectivity index (χ4n) is 2.13. The Labute approximate surface area is 182 Å². The van der Waals surface area contributed by atoms with Gasteiger partial charge in [-0.05, 0) is 6.07 Å². The number of halogens is 5. The van der Waals surface area contributed by atoms with E-state index in [2.05, 4.69) is 25.4 Å². The van der Waals surface area contributed by atoms with E-state index >= 15 is 0 Å². The van der Waals surface area contributed by atoms with Gasteiger partial charge in [-0.3, -0.25) is 9.67 Å². The highest BCUT2D eigenvalue weighted by atomic mass is 127. The molecule has 2 heterocycles. The lowest BCUT2D eigenvalue weighted by Gasteiger charge is -2.21. The second-order valence-electron chi connectivity index (χ2n) is 5.49. The minimum absolute atomic E-state index is 0. The molecule has 156 valence electrons. The number of ether oxygens (including phenoxy) is 1. The Balaban J connectivity index is 0.00000392. The molecule has 28 heavy (non-hydrogen) atoms. The van der Waals surface area contributed by atoms with E-state index in [1.807, 2.05) is 11.9 Å². The smallest absolute Gasteiger partial charge is 0.417 e. The number of aliphatic imine (C=N–C) groups is 1. The van der Waals surface area contributed by atoms with Gasteiger partial charge in [0.15, 0.2) is 5.96 Å². The fraction of sp³-hybridized carbons (Fsp3) is 0.467. The number of guanidine groups is 1. The molecule has 2 rings (SSSR count). The molecular weight excluding hydrogens is 514 g/mol. The molecule has 0 amide bonds. The quantitative estimate of drug-likeness (QED) is 0.266. The van der Waals surface area contributed by atoms with E-state index < -0.39 is 11.7 Å². The van der Waals surface area contributed by atoms with Crippen molar-refractivity contribution < 1.29 is 17.9 Å². The van der Waals surface area contributed by atoms with Gasteiger partial charge in [0, 0.05) is 27.3 Å². The Kier molecular flexibility index (Phi) is 9.20. The molecule has 0 radical (unpaired) electrons. The third kappa shape index (κ3) is 6.65. The average Bonchev–Trinajstić information content (AvgIpc) is 3.00. The lowest BCUT2D eigenvalue weighted by atomic mass is 10.3. The first-order valence-corrected chi connectivity index (χ1v) is 8.20. The molecule has 0 aromatic carbocycles. The third-order valence-electron chi connectivity index (χ3n) is 3.52. The summed E-state index contributed by atoms with van der Waals surface area (Å²) in [4.78, 5) is 13.7. The fourth-order valence-corrected chi connectivity index (χ4v) is 2.35. The second-order valence-corrected chi connectivity index (χ2v) is 5.89. The van der Waals surface area contributed by atoms with Gasteiger partial charge in [0.05, 0.1) is 18.7 Å². The standard InChI is InChI=1S/C15H19ClF3N7O.HI/c1-20-14(25(2)8-12-23-9-24-26(12)3)21-4-5-27-13-11(16)6-10(7-22-13)15(17,18)19;/h6-7,9H,4-5,8H2,1-3H3,(H,20,21);1H. The lowest BCUT2D eigenvalue weighted by Crippen LogP contribution is -2.40. The first-order chi connectivity index (χ1) is 12.7. The van der Waals surface area contributed by atoms with Crippen molar-refractivity contribution in [1.82, 2.24) is 30.0 Å². The maximum atomic E-state index is 12.6. The van der Waals surface area contributed by atoms with Crippen LogP contribution >= 0.6 is 35.6 Å². The van der Waals surface area contributed by atoms with Crippen LogP contribution in [0.4, 0.5) is 13.2 Å². The normalized spacial score (nSPS) is 11.8. The van der Waals surface area contributed by atoms with Crippen LogP contribution < -0.4 is 10.1 Å². The predicted molar refractivity (Wildman–Crippen MR) is 109 cm³/mol. The number of nitrogens with one attached hydrogen (secondary N) is 1. The van der Waals surface area contributed by atoms with Gasteiger partial charge in [-0.2, -0.15) is 18.3 Å². The number of pyridine rings is 1. The molecule has 0 saturated carbocycles. The van der Waals surface area contributed by atoms with Crippen molar-refractivity contribution in [3.05, 3.63) is 35.0 Å². The third-order valence-corrected chi connectivity index (χ3v) is 3.79. The molecule has 0 saturated heterocycles. The SMILES string of the molecule is CN=C(NCCOc1ncc(C(F)(F)F)cc1Cl)N(C)Cc1ncnn1C.I. The Morgan fingerprint density at radius 1 is 1.39 bits per heavy atom. The van der Waals surface area contributed by atoms with Gasteiger partial charge in [0.1, 0.15) is 23.8 Å². The van der Waals surface area contributed by atoms with Crippen molar-refractivity contribution >= 4 is 41.5 Å². The number of rotatable bonds is 6. The van der Waals surface area contributed by atoms with Gasteiger partial charge < -0.3 is 15.0 Å². The number of nitrogens with zero attached hydrogens (tertiary/aromatic N) is 6.